The molecule has 0 aliphatic carbocycles. The molecule has 1 fully saturated rings. The third-order valence-corrected chi connectivity index (χ3v) is 3.10. The normalized spacial score (nSPS) is 30.2. The maximum atomic E-state index is 11.7. The summed E-state index contributed by atoms with van der Waals surface area (Å²) < 4.78 is 5.89. The lowest BCUT2D eigenvalue weighted by atomic mass is 10.0. The first-order chi connectivity index (χ1) is 9.32. The number of hydrogen-bond acceptors (Lipinski definition) is 7. The number of ketones is 1. The van der Waals surface area contributed by atoms with E-state index in [0.29, 0.717) is 0 Å². The molecule has 20 heavy (non-hydrogen) atoms. The number of carbonyl (C=O) groups is 1. The quantitative estimate of drug-likeness (QED) is 0.435. The van der Waals surface area contributed by atoms with Crippen LogP contribution in [-0.2, 0) is 4.74 Å². The second-order valence-electron chi connectivity index (χ2n) is 4.54. The van der Waals surface area contributed by atoms with Crippen LogP contribution in [0, 0.1) is 0 Å². The molecule has 1 aromatic rings. The van der Waals surface area contributed by atoms with E-state index in [1.807, 2.05) is 4.98 Å². The van der Waals surface area contributed by atoms with Gasteiger partial charge in [0, 0.05) is 6.20 Å². The van der Waals surface area contributed by atoms with E-state index in [-0.39, 0.29) is 12.2 Å². The fourth-order valence-corrected chi connectivity index (χ4v) is 1.96. The van der Waals surface area contributed by atoms with E-state index >= 15 is 0 Å². The van der Waals surface area contributed by atoms with Crippen molar-refractivity contribution in [3.8, 4) is 0 Å². The van der Waals surface area contributed by atoms with Crippen LogP contribution in [0.3, 0.4) is 0 Å². The van der Waals surface area contributed by atoms with E-state index in [0.717, 1.165) is 17.7 Å². The summed E-state index contributed by atoms with van der Waals surface area (Å²) in [5.74, 6) is -0.564. The maximum Gasteiger partial charge on any atom is 0.330 e. The van der Waals surface area contributed by atoms with E-state index in [9.17, 15) is 29.7 Å². The van der Waals surface area contributed by atoms with E-state index in [1.165, 1.54) is 0 Å². The monoisotopic (exact) mass is 286 g/mol. The predicted molar refractivity (Wildman–Crippen MR) is 64.3 cm³/mol. The van der Waals surface area contributed by atoms with Gasteiger partial charge in [-0.3, -0.25) is 19.1 Å². The van der Waals surface area contributed by atoms with Gasteiger partial charge >= 0.3 is 5.69 Å². The van der Waals surface area contributed by atoms with E-state index < -0.39 is 41.6 Å². The minimum atomic E-state index is -1.58. The number of aromatic nitrogens is 2. The predicted octanol–water partition coefficient (Wildman–Crippen LogP) is -2.65. The number of nitrogens with one attached hydrogen (secondary N) is 1. The van der Waals surface area contributed by atoms with Crippen LogP contribution >= 0.6 is 0 Å². The van der Waals surface area contributed by atoms with Crippen molar-refractivity contribution in [1.82, 2.24) is 9.55 Å². The molecular weight excluding hydrogens is 272 g/mol. The standard InChI is InChI=1S/C11H14N2O7/c1-4(14)5-2-13(11(19)12-9(5)18)10-8(17)7(16)6(15)3-20-10/h2,6-8,10,15-17H,3H2,1H3,(H,12,18,19). The zero-order valence-corrected chi connectivity index (χ0v) is 10.5. The molecule has 9 heteroatoms. The lowest BCUT2D eigenvalue weighted by Gasteiger charge is -2.35. The first-order valence-corrected chi connectivity index (χ1v) is 5.85. The molecular formula is C11H14N2O7. The van der Waals surface area contributed by atoms with Gasteiger partial charge in [-0.2, -0.15) is 0 Å². The number of aliphatic hydroxyl groups excluding tert-OH is 3. The average molecular weight is 286 g/mol. The van der Waals surface area contributed by atoms with Gasteiger partial charge < -0.3 is 20.1 Å². The Morgan fingerprint density at radius 1 is 1.35 bits per heavy atom. The molecule has 110 valence electrons. The van der Waals surface area contributed by atoms with Crippen molar-refractivity contribution in [1.29, 1.82) is 0 Å². The van der Waals surface area contributed by atoms with Crippen LogP contribution in [0.15, 0.2) is 15.8 Å². The Kier molecular flexibility index (Phi) is 3.86. The maximum absolute atomic E-state index is 11.7. The van der Waals surface area contributed by atoms with E-state index in [2.05, 4.69) is 0 Å². The van der Waals surface area contributed by atoms with Crippen LogP contribution in [0.5, 0.6) is 0 Å². The molecule has 0 spiro atoms. The summed E-state index contributed by atoms with van der Waals surface area (Å²) >= 11 is 0. The molecule has 2 rings (SSSR count). The molecule has 1 aromatic heterocycles. The molecule has 4 N–H and O–H groups in total. The van der Waals surface area contributed by atoms with Crippen LogP contribution in [-0.4, -0.2) is 55.6 Å². The van der Waals surface area contributed by atoms with Crippen LogP contribution < -0.4 is 11.2 Å². The van der Waals surface area contributed by atoms with Gasteiger partial charge in [-0.25, -0.2) is 4.79 Å². The third kappa shape index (κ3) is 2.43. The van der Waals surface area contributed by atoms with Crippen molar-refractivity contribution in [2.45, 2.75) is 31.5 Å². The number of nitrogens with zero attached hydrogens (tertiary/aromatic N) is 1. The van der Waals surface area contributed by atoms with Crippen molar-refractivity contribution in [2.24, 2.45) is 0 Å². The van der Waals surface area contributed by atoms with Gasteiger partial charge in [0.05, 0.1) is 12.2 Å². The zero-order valence-electron chi connectivity index (χ0n) is 10.5. The summed E-state index contributed by atoms with van der Waals surface area (Å²) in [5.41, 5.74) is -2.02. The summed E-state index contributed by atoms with van der Waals surface area (Å²) in [4.78, 5) is 36.4. The second kappa shape index (κ2) is 5.29. The summed E-state index contributed by atoms with van der Waals surface area (Å²) in [6.45, 7) is 0.847. The smallest absolute Gasteiger partial charge is 0.330 e. The number of hydrogen-bond donors (Lipinski definition) is 4. The minimum absolute atomic E-state index is 0.277. The first-order valence-electron chi connectivity index (χ1n) is 5.85. The number of Topliss-reactive ketones (excluding diaryl/α,β-unsaturated/α-hetero) is 1. The largest absolute Gasteiger partial charge is 0.388 e. The van der Waals surface area contributed by atoms with Crippen LogP contribution in [0.4, 0.5) is 0 Å². The van der Waals surface area contributed by atoms with Crippen molar-refractivity contribution in [3.05, 3.63) is 32.6 Å². The number of aliphatic hydroxyl groups is 3. The Bertz CT molecular complexity index is 634. The van der Waals surface area contributed by atoms with Gasteiger partial charge in [0.2, 0.25) is 0 Å². The number of carbonyl (C=O) groups excluding carboxylic acids is 1. The Hall–Kier alpha value is -1.81. The van der Waals surface area contributed by atoms with Gasteiger partial charge in [-0.05, 0) is 6.92 Å². The highest BCUT2D eigenvalue weighted by Crippen LogP contribution is 2.22. The Morgan fingerprint density at radius 2 is 2.00 bits per heavy atom. The lowest BCUT2D eigenvalue weighted by molar-refractivity contribution is -0.212. The summed E-state index contributed by atoms with van der Waals surface area (Å²) in [5, 5.41) is 28.7. The molecule has 2 heterocycles. The highest BCUT2D eigenvalue weighted by molar-refractivity contribution is 5.93. The minimum Gasteiger partial charge on any atom is -0.388 e. The van der Waals surface area contributed by atoms with Crippen molar-refractivity contribution in [3.63, 3.8) is 0 Å². The fraction of sp³-hybridized carbons (Fsp3) is 0.545. The zero-order chi connectivity index (χ0) is 15.0. The Labute approximate surface area is 112 Å². The molecule has 0 bridgehead atoms. The second-order valence-corrected chi connectivity index (χ2v) is 4.54. The van der Waals surface area contributed by atoms with Crippen LogP contribution in [0.25, 0.3) is 0 Å². The Morgan fingerprint density at radius 3 is 2.60 bits per heavy atom. The summed E-state index contributed by atoms with van der Waals surface area (Å²) in [7, 11) is 0. The average Bonchev–Trinajstić information content (AvgIpc) is 2.37. The number of ether oxygens (including phenoxy) is 1. The molecule has 1 saturated heterocycles. The topological polar surface area (TPSA) is 142 Å². The van der Waals surface area contributed by atoms with Gasteiger partial charge in [0.15, 0.2) is 12.0 Å². The van der Waals surface area contributed by atoms with Gasteiger partial charge in [-0.1, -0.05) is 0 Å². The highest BCUT2D eigenvalue weighted by Gasteiger charge is 2.39. The number of rotatable bonds is 2. The first kappa shape index (κ1) is 14.6. The number of H-pyrrole nitrogens is 1. The summed E-state index contributed by atoms with van der Waals surface area (Å²) in [6, 6.07) is 0. The highest BCUT2D eigenvalue weighted by atomic mass is 16.5. The lowest BCUT2D eigenvalue weighted by Crippen LogP contribution is -2.53. The third-order valence-electron chi connectivity index (χ3n) is 3.10. The summed E-state index contributed by atoms with van der Waals surface area (Å²) in [6.07, 6.45) is -4.72. The SMILES string of the molecule is CC(=O)c1cn(C2OCC(O)C(O)C2O)c(=O)[nH]c1=O. The molecule has 9 nitrogen and oxygen atoms in total. The molecule has 1 aliphatic heterocycles. The Balaban J connectivity index is 2.48. The molecule has 4 unspecified atom stereocenters. The van der Waals surface area contributed by atoms with Gasteiger partial charge in [-0.15, -0.1) is 0 Å². The molecule has 4 atom stereocenters. The van der Waals surface area contributed by atoms with Gasteiger partial charge in [0.25, 0.3) is 5.56 Å². The van der Waals surface area contributed by atoms with Crippen LogP contribution in [0.2, 0.25) is 0 Å². The van der Waals surface area contributed by atoms with Crippen molar-refractivity contribution < 1.29 is 24.9 Å². The van der Waals surface area contributed by atoms with E-state index in [4.69, 9.17) is 4.74 Å². The van der Waals surface area contributed by atoms with Crippen molar-refractivity contribution >= 4 is 5.78 Å². The molecule has 0 radical (unpaired) electrons. The fourth-order valence-electron chi connectivity index (χ4n) is 1.96. The van der Waals surface area contributed by atoms with Gasteiger partial charge in [0.1, 0.15) is 18.3 Å². The van der Waals surface area contributed by atoms with Crippen LogP contribution in [0.1, 0.15) is 23.5 Å². The molecule has 0 saturated carbocycles. The van der Waals surface area contributed by atoms with Crippen molar-refractivity contribution in [2.75, 3.05) is 6.61 Å². The molecule has 0 amide bonds. The van der Waals surface area contributed by atoms with E-state index in [1.54, 1.807) is 0 Å². The number of aromatic amines is 1. The molecule has 0 aromatic carbocycles. The molecule has 1 aliphatic rings.